The number of carbonyl (C=O) groups excluding carboxylic acids is 1. The number of hydrogen-bond acceptors (Lipinski definition) is 5. The van der Waals surface area contributed by atoms with E-state index < -0.39 is 15.8 Å². The second-order valence-corrected chi connectivity index (χ2v) is 7.32. The van der Waals surface area contributed by atoms with E-state index in [2.05, 4.69) is 15.0 Å². The number of rotatable bonds is 6. The topological polar surface area (TPSA) is 97.4 Å². The lowest BCUT2D eigenvalue weighted by Gasteiger charge is -2.10. The third-order valence-corrected chi connectivity index (χ3v) is 5.05. The molecule has 28 heavy (non-hydrogen) atoms. The Morgan fingerprint density at radius 1 is 1.00 bits per heavy atom. The van der Waals surface area contributed by atoms with Gasteiger partial charge in [0.05, 0.1) is 4.90 Å². The van der Waals surface area contributed by atoms with Gasteiger partial charge in [-0.15, -0.1) is 0 Å². The molecule has 9 heteroatoms. The van der Waals surface area contributed by atoms with Crippen LogP contribution in [0.15, 0.2) is 71.8 Å². The maximum absolute atomic E-state index is 13.0. The van der Waals surface area contributed by atoms with Crippen LogP contribution in [0.5, 0.6) is 11.5 Å². The summed E-state index contributed by atoms with van der Waals surface area (Å²) in [6, 6.07) is 13.8. The van der Waals surface area contributed by atoms with Crippen molar-refractivity contribution < 1.29 is 22.3 Å². The van der Waals surface area contributed by atoms with E-state index in [1.165, 1.54) is 43.6 Å². The zero-order valence-electron chi connectivity index (χ0n) is 14.7. The van der Waals surface area contributed by atoms with Gasteiger partial charge < -0.3 is 10.1 Å². The summed E-state index contributed by atoms with van der Waals surface area (Å²) in [5.74, 6) is -0.000772. The lowest BCUT2D eigenvalue weighted by atomic mass is 10.3. The minimum atomic E-state index is -3.83. The van der Waals surface area contributed by atoms with Gasteiger partial charge in [-0.05, 0) is 54.6 Å². The van der Waals surface area contributed by atoms with E-state index in [-0.39, 0.29) is 16.5 Å². The molecule has 0 aliphatic rings. The molecule has 1 heterocycles. The Bertz CT molecular complexity index is 1080. The van der Waals surface area contributed by atoms with Crippen molar-refractivity contribution in [3.05, 3.63) is 78.4 Å². The van der Waals surface area contributed by atoms with Crippen LogP contribution in [-0.2, 0) is 10.0 Å². The number of nitrogens with one attached hydrogen (secondary N) is 2. The van der Waals surface area contributed by atoms with Crippen LogP contribution in [0.3, 0.4) is 0 Å². The summed E-state index contributed by atoms with van der Waals surface area (Å²) < 4.78 is 45.6. The van der Waals surface area contributed by atoms with Crippen molar-refractivity contribution in [3.63, 3.8) is 0 Å². The summed E-state index contributed by atoms with van der Waals surface area (Å²) in [4.78, 5) is 15.5. The molecule has 2 aromatic carbocycles. The predicted octanol–water partition coefficient (Wildman–Crippen LogP) is 3.17. The number of ether oxygens (including phenoxy) is 1. The summed E-state index contributed by atoms with van der Waals surface area (Å²) in [5.41, 5.74) is 0.529. The Morgan fingerprint density at radius 2 is 1.68 bits per heavy atom. The standard InChI is InChI=1S/C19H16FN3O4S/c1-21-19(24)18-12-16(10-11-22-18)27-15-6-4-14(5-7-15)23-28(25,26)17-8-2-13(20)3-9-17/h2-12,23H,1H3,(H,21,24). The summed E-state index contributed by atoms with van der Waals surface area (Å²) in [5, 5.41) is 2.48. The van der Waals surface area contributed by atoms with Crippen LogP contribution >= 0.6 is 0 Å². The van der Waals surface area contributed by atoms with E-state index in [1.807, 2.05) is 0 Å². The van der Waals surface area contributed by atoms with E-state index >= 15 is 0 Å². The Hall–Kier alpha value is -3.46. The maximum atomic E-state index is 13.0. The molecular formula is C19H16FN3O4S. The van der Waals surface area contributed by atoms with Gasteiger partial charge in [-0.1, -0.05) is 0 Å². The summed E-state index contributed by atoms with van der Waals surface area (Å²) in [6.07, 6.45) is 1.45. The van der Waals surface area contributed by atoms with Crippen molar-refractivity contribution in [1.82, 2.24) is 10.3 Å². The summed E-state index contributed by atoms with van der Waals surface area (Å²) in [6.45, 7) is 0. The molecule has 7 nitrogen and oxygen atoms in total. The number of halogens is 1. The predicted molar refractivity (Wildman–Crippen MR) is 101 cm³/mol. The molecule has 0 radical (unpaired) electrons. The molecule has 1 aromatic heterocycles. The van der Waals surface area contributed by atoms with Gasteiger partial charge in [-0.2, -0.15) is 0 Å². The normalized spacial score (nSPS) is 10.9. The SMILES string of the molecule is CNC(=O)c1cc(Oc2ccc(NS(=O)(=O)c3ccc(F)cc3)cc2)ccn1. The van der Waals surface area contributed by atoms with Crippen molar-refractivity contribution in [3.8, 4) is 11.5 Å². The second-order valence-electron chi connectivity index (χ2n) is 5.64. The molecule has 0 bridgehead atoms. The van der Waals surface area contributed by atoms with Crippen LogP contribution in [0.4, 0.5) is 10.1 Å². The molecule has 3 rings (SSSR count). The quantitative estimate of drug-likeness (QED) is 0.661. The molecular weight excluding hydrogens is 385 g/mol. The monoisotopic (exact) mass is 401 g/mol. The van der Waals surface area contributed by atoms with E-state index in [0.29, 0.717) is 17.2 Å². The van der Waals surface area contributed by atoms with Gasteiger partial charge in [0.2, 0.25) is 0 Å². The number of anilines is 1. The van der Waals surface area contributed by atoms with Gasteiger partial charge >= 0.3 is 0 Å². The van der Waals surface area contributed by atoms with Crippen molar-refractivity contribution in [2.75, 3.05) is 11.8 Å². The van der Waals surface area contributed by atoms with Crippen LogP contribution < -0.4 is 14.8 Å². The largest absolute Gasteiger partial charge is 0.457 e. The zero-order valence-corrected chi connectivity index (χ0v) is 15.5. The van der Waals surface area contributed by atoms with Gasteiger partial charge in [0.1, 0.15) is 23.0 Å². The van der Waals surface area contributed by atoms with Crippen LogP contribution in [-0.4, -0.2) is 26.4 Å². The van der Waals surface area contributed by atoms with Crippen molar-refractivity contribution in [2.45, 2.75) is 4.90 Å². The van der Waals surface area contributed by atoms with Gasteiger partial charge in [0.15, 0.2) is 0 Å². The molecule has 1 amide bonds. The van der Waals surface area contributed by atoms with Gasteiger partial charge in [-0.25, -0.2) is 12.8 Å². The molecule has 0 unspecified atom stereocenters. The molecule has 0 saturated carbocycles. The minimum Gasteiger partial charge on any atom is -0.457 e. The average molecular weight is 401 g/mol. The molecule has 0 aliphatic carbocycles. The number of hydrogen-bond donors (Lipinski definition) is 2. The highest BCUT2D eigenvalue weighted by Crippen LogP contribution is 2.24. The fourth-order valence-corrected chi connectivity index (χ4v) is 3.34. The molecule has 144 valence electrons. The van der Waals surface area contributed by atoms with Gasteiger partial charge in [0, 0.05) is 25.0 Å². The molecule has 0 saturated heterocycles. The first-order valence-corrected chi connectivity index (χ1v) is 9.60. The highest BCUT2D eigenvalue weighted by molar-refractivity contribution is 7.92. The van der Waals surface area contributed by atoms with E-state index in [4.69, 9.17) is 4.74 Å². The highest BCUT2D eigenvalue weighted by atomic mass is 32.2. The van der Waals surface area contributed by atoms with Crippen LogP contribution in [0.1, 0.15) is 10.5 Å². The van der Waals surface area contributed by atoms with Crippen LogP contribution in [0, 0.1) is 5.82 Å². The number of sulfonamides is 1. The van der Waals surface area contributed by atoms with E-state index in [1.54, 1.807) is 18.2 Å². The maximum Gasteiger partial charge on any atom is 0.269 e. The average Bonchev–Trinajstić information content (AvgIpc) is 2.69. The van der Waals surface area contributed by atoms with Crippen molar-refractivity contribution in [2.24, 2.45) is 0 Å². The molecule has 0 aliphatic heterocycles. The third kappa shape index (κ3) is 4.63. The van der Waals surface area contributed by atoms with Gasteiger partial charge in [-0.3, -0.25) is 14.5 Å². The number of amides is 1. The fraction of sp³-hybridized carbons (Fsp3) is 0.0526. The van der Waals surface area contributed by atoms with Crippen molar-refractivity contribution >= 4 is 21.6 Å². The molecule has 3 aromatic rings. The lowest BCUT2D eigenvalue weighted by Crippen LogP contribution is -2.18. The minimum absolute atomic E-state index is 0.0484. The highest BCUT2D eigenvalue weighted by Gasteiger charge is 2.14. The Balaban J connectivity index is 1.72. The van der Waals surface area contributed by atoms with Crippen molar-refractivity contribution in [1.29, 1.82) is 0 Å². The number of carbonyl (C=O) groups is 1. The second kappa shape index (κ2) is 8.05. The molecule has 2 N–H and O–H groups in total. The number of aromatic nitrogens is 1. The van der Waals surface area contributed by atoms with E-state index in [9.17, 15) is 17.6 Å². The first-order chi connectivity index (χ1) is 13.4. The Labute approximate surface area is 161 Å². The molecule has 0 atom stereocenters. The number of pyridine rings is 1. The van der Waals surface area contributed by atoms with Gasteiger partial charge in [0.25, 0.3) is 15.9 Å². The summed E-state index contributed by atoms with van der Waals surface area (Å²) in [7, 11) is -2.33. The number of benzene rings is 2. The lowest BCUT2D eigenvalue weighted by molar-refractivity contribution is 0.0958. The molecule has 0 fully saturated rings. The van der Waals surface area contributed by atoms with E-state index in [0.717, 1.165) is 12.1 Å². The smallest absolute Gasteiger partial charge is 0.269 e. The first kappa shape index (κ1) is 19.3. The zero-order chi connectivity index (χ0) is 20.1. The summed E-state index contributed by atoms with van der Waals surface area (Å²) >= 11 is 0. The Kier molecular flexibility index (Phi) is 5.55. The first-order valence-electron chi connectivity index (χ1n) is 8.12. The third-order valence-electron chi connectivity index (χ3n) is 3.66. The number of nitrogens with zero attached hydrogens (tertiary/aromatic N) is 1. The van der Waals surface area contributed by atoms with Crippen LogP contribution in [0.25, 0.3) is 0 Å². The van der Waals surface area contributed by atoms with Crippen LogP contribution in [0.2, 0.25) is 0 Å². The molecule has 0 spiro atoms. The fourth-order valence-electron chi connectivity index (χ4n) is 2.28. The Morgan fingerprint density at radius 3 is 2.32 bits per heavy atom.